The number of aryl methyl sites for hydroxylation is 1. The first-order chi connectivity index (χ1) is 7.85. The second kappa shape index (κ2) is 5.23. The summed E-state index contributed by atoms with van der Waals surface area (Å²) in [5.74, 6) is 0. The third kappa shape index (κ3) is 2.31. The first-order valence-electron chi connectivity index (χ1n) is 5.22. The highest BCUT2D eigenvalue weighted by atomic mass is 32.1. The summed E-state index contributed by atoms with van der Waals surface area (Å²) in [5.41, 5.74) is 7.43. The molecule has 5 heteroatoms. The molecule has 2 heterocycles. The van der Waals surface area contributed by atoms with Crippen LogP contribution >= 0.6 is 11.3 Å². The maximum atomic E-state index is 12.4. The van der Waals surface area contributed by atoms with Crippen molar-refractivity contribution in [1.82, 2.24) is 9.78 Å². The van der Waals surface area contributed by atoms with Crippen LogP contribution < -0.4 is 5.73 Å². The van der Waals surface area contributed by atoms with Crippen molar-refractivity contribution in [2.75, 3.05) is 13.2 Å². The lowest BCUT2D eigenvalue weighted by molar-refractivity contribution is 0.420. The number of halogens is 1. The van der Waals surface area contributed by atoms with Gasteiger partial charge in [0.05, 0.1) is 11.4 Å². The maximum absolute atomic E-state index is 12.4. The van der Waals surface area contributed by atoms with Crippen LogP contribution in [0.4, 0.5) is 4.39 Å². The summed E-state index contributed by atoms with van der Waals surface area (Å²) in [6, 6.07) is 5.99. The lowest BCUT2D eigenvalue weighted by Gasteiger charge is -2.02. The summed E-state index contributed by atoms with van der Waals surface area (Å²) in [5, 5.41) is 6.40. The van der Waals surface area contributed by atoms with Crippen LogP contribution in [0.25, 0.3) is 10.6 Å². The normalized spacial score (nSPS) is 10.9. The number of nitrogens with two attached hydrogens (primary N) is 1. The Balaban J connectivity index is 2.30. The van der Waals surface area contributed by atoms with Crippen molar-refractivity contribution in [3.05, 3.63) is 29.3 Å². The van der Waals surface area contributed by atoms with Crippen LogP contribution in [0, 0.1) is 0 Å². The number of nitrogens with zero attached hydrogens (tertiary/aromatic N) is 2. The van der Waals surface area contributed by atoms with Crippen molar-refractivity contribution >= 4 is 11.3 Å². The van der Waals surface area contributed by atoms with Crippen LogP contribution in [-0.2, 0) is 13.0 Å². The number of rotatable bonds is 5. The molecule has 0 atom stereocenters. The molecule has 0 aliphatic carbocycles. The van der Waals surface area contributed by atoms with Crippen molar-refractivity contribution in [1.29, 1.82) is 0 Å². The van der Waals surface area contributed by atoms with Crippen molar-refractivity contribution < 1.29 is 4.39 Å². The van der Waals surface area contributed by atoms with Gasteiger partial charge in [-0.25, -0.2) is 4.39 Å². The molecule has 0 bridgehead atoms. The molecule has 0 amide bonds. The van der Waals surface area contributed by atoms with Crippen LogP contribution in [0.5, 0.6) is 0 Å². The Labute approximate surface area is 97.7 Å². The molecule has 0 aromatic carbocycles. The van der Waals surface area contributed by atoms with E-state index in [0.29, 0.717) is 13.1 Å². The van der Waals surface area contributed by atoms with Gasteiger partial charge in [-0.1, -0.05) is 6.07 Å². The van der Waals surface area contributed by atoms with E-state index in [1.54, 1.807) is 16.0 Å². The van der Waals surface area contributed by atoms with Gasteiger partial charge >= 0.3 is 0 Å². The molecule has 0 saturated carbocycles. The van der Waals surface area contributed by atoms with E-state index in [4.69, 9.17) is 5.73 Å². The quantitative estimate of drug-likeness (QED) is 0.868. The number of hydrogen-bond donors (Lipinski definition) is 1. The summed E-state index contributed by atoms with van der Waals surface area (Å²) in [6.07, 6.45) is 0.734. The molecule has 2 aromatic rings. The van der Waals surface area contributed by atoms with Gasteiger partial charge in [-0.2, -0.15) is 5.10 Å². The Morgan fingerprint density at radius 1 is 1.50 bits per heavy atom. The molecule has 86 valence electrons. The molecule has 2 aromatic heterocycles. The summed E-state index contributed by atoms with van der Waals surface area (Å²) < 4.78 is 14.1. The first kappa shape index (κ1) is 11.3. The average molecular weight is 239 g/mol. The van der Waals surface area contributed by atoms with E-state index in [9.17, 15) is 4.39 Å². The van der Waals surface area contributed by atoms with E-state index >= 15 is 0 Å². The van der Waals surface area contributed by atoms with Crippen LogP contribution in [0.2, 0.25) is 0 Å². The molecule has 0 radical (unpaired) electrons. The number of thiophene rings is 1. The lowest BCUT2D eigenvalue weighted by Crippen LogP contribution is -2.11. The predicted octanol–water partition coefficient (Wildman–Crippen LogP) is 2.08. The summed E-state index contributed by atoms with van der Waals surface area (Å²) in [7, 11) is 0. The zero-order chi connectivity index (χ0) is 11.4. The van der Waals surface area contributed by atoms with Gasteiger partial charge < -0.3 is 5.73 Å². The van der Waals surface area contributed by atoms with E-state index in [-0.39, 0.29) is 0 Å². The molecule has 0 saturated heterocycles. The van der Waals surface area contributed by atoms with Gasteiger partial charge in [0.25, 0.3) is 0 Å². The highest BCUT2D eigenvalue weighted by Crippen LogP contribution is 2.24. The SMILES string of the molecule is NCCc1cc(-c2cccs2)nn1CCF. The fraction of sp³-hybridized carbons (Fsp3) is 0.364. The monoisotopic (exact) mass is 239 g/mol. The largest absolute Gasteiger partial charge is 0.330 e. The van der Waals surface area contributed by atoms with Gasteiger partial charge in [0.2, 0.25) is 0 Å². The molecular formula is C11H14FN3S. The summed E-state index contributed by atoms with van der Waals surface area (Å²) in [4.78, 5) is 1.11. The van der Waals surface area contributed by atoms with Crippen LogP contribution in [0.15, 0.2) is 23.6 Å². The van der Waals surface area contributed by atoms with Crippen molar-refractivity contribution in [2.24, 2.45) is 5.73 Å². The molecule has 3 nitrogen and oxygen atoms in total. The predicted molar refractivity (Wildman–Crippen MR) is 64.3 cm³/mol. The second-order valence-electron chi connectivity index (χ2n) is 3.45. The molecular weight excluding hydrogens is 225 g/mol. The standard InChI is InChI=1S/C11H14FN3S/c12-4-6-15-9(3-5-13)8-10(14-15)11-2-1-7-16-11/h1-2,7-8H,3-6,13H2. The zero-order valence-corrected chi connectivity index (χ0v) is 9.71. The Kier molecular flexibility index (Phi) is 3.69. The van der Waals surface area contributed by atoms with E-state index in [1.165, 1.54) is 0 Å². The van der Waals surface area contributed by atoms with Gasteiger partial charge in [0.1, 0.15) is 12.4 Å². The molecule has 0 aliphatic heterocycles. The number of alkyl halides is 1. The minimum atomic E-state index is -0.400. The molecule has 0 fully saturated rings. The fourth-order valence-electron chi connectivity index (χ4n) is 1.62. The number of hydrogen-bond acceptors (Lipinski definition) is 3. The second-order valence-corrected chi connectivity index (χ2v) is 4.40. The van der Waals surface area contributed by atoms with Crippen LogP contribution in [0.1, 0.15) is 5.69 Å². The Morgan fingerprint density at radius 2 is 2.38 bits per heavy atom. The molecule has 16 heavy (non-hydrogen) atoms. The third-order valence-corrected chi connectivity index (χ3v) is 3.23. The molecule has 2 rings (SSSR count). The zero-order valence-electron chi connectivity index (χ0n) is 8.90. The average Bonchev–Trinajstić information content (AvgIpc) is 2.89. The van der Waals surface area contributed by atoms with E-state index in [0.717, 1.165) is 22.7 Å². The molecule has 0 aliphatic rings. The van der Waals surface area contributed by atoms with Gasteiger partial charge in [-0.3, -0.25) is 4.68 Å². The highest BCUT2D eigenvalue weighted by Gasteiger charge is 2.09. The molecule has 2 N–H and O–H groups in total. The minimum absolute atomic E-state index is 0.306. The van der Waals surface area contributed by atoms with E-state index < -0.39 is 6.67 Å². The Morgan fingerprint density at radius 3 is 3.00 bits per heavy atom. The van der Waals surface area contributed by atoms with Crippen LogP contribution in [0.3, 0.4) is 0 Å². The van der Waals surface area contributed by atoms with Gasteiger partial charge in [-0.05, 0) is 24.1 Å². The Bertz CT molecular complexity index is 413. The maximum Gasteiger partial charge on any atom is 0.109 e. The van der Waals surface area contributed by atoms with Gasteiger partial charge in [-0.15, -0.1) is 11.3 Å². The first-order valence-corrected chi connectivity index (χ1v) is 6.09. The summed E-state index contributed by atoms with van der Waals surface area (Å²) in [6.45, 7) is 0.464. The summed E-state index contributed by atoms with van der Waals surface area (Å²) >= 11 is 1.63. The van der Waals surface area contributed by atoms with Gasteiger partial charge in [0, 0.05) is 12.1 Å². The number of aromatic nitrogens is 2. The Hall–Kier alpha value is -1.20. The van der Waals surface area contributed by atoms with E-state index in [1.807, 2.05) is 23.6 Å². The molecule has 0 spiro atoms. The third-order valence-electron chi connectivity index (χ3n) is 2.33. The van der Waals surface area contributed by atoms with Gasteiger partial charge in [0.15, 0.2) is 0 Å². The molecule has 0 unspecified atom stereocenters. The van der Waals surface area contributed by atoms with Crippen molar-refractivity contribution in [3.63, 3.8) is 0 Å². The minimum Gasteiger partial charge on any atom is -0.330 e. The topological polar surface area (TPSA) is 43.8 Å². The van der Waals surface area contributed by atoms with Crippen LogP contribution in [-0.4, -0.2) is 23.0 Å². The highest BCUT2D eigenvalue weighted by molar-refractivity contribution is 7.13. The fourth-order valence-corrected chi connectivity index (χ4v) is 2.30. The van der Waals surface area contributed by atoms with E-state index in [2.05, 4.69) is 5.10 Å². The smallest absolute Gasteiger partial charge is 0.109 e. The lowest BCUT2D eigenvalue weighted by atomic mass is 10.2. The van der Waals surface area contributed by atoms with Crippen molar-refractivity contribution in [2.45, 2.75) is 13.0 Å². The van der Waals surface area contributed by atoms with Crippen molar-refractivity contribution in [3.8, 4) is 10.6 Å².